The maximum absolute atomic E-state index is 13.1. The zero-order valence-corrected chi connectivity index (χ0v) is 16.6. The van der Waals surface area contributed by atoms with Crippen LogP contribution >= 0.6 is 0 Å². The van der Waals surface area contributed by atoms with E-state index in [2.05, 4.69) is 4.74 Å². The van der Waals surface area contributed by atoms with Gasteiger partial charge in [0.05, 0.1) is 5.56 Å². The minimum Gasteiger partial charge on any atom is -0.448 e. The summed E-state index contributed by atoms with van der Waals surface area (Å²) in [7, 11) is 2.35. The fourth-order valence-corrected chi connectivity index (χ4v) is 3.79. The second-order valence-electron chi connectivity index (χ2n) is 6.13. The first-order chi connectivity index (χ1) is 12.4. The summed E-state index contributed by atoms with van der Waals surface area (Å²) in [6.45, 7) is 0. The van der Waals surface area contributed by atoms with Gasteiger partial charge in [0.15, 0.2) is 0 Å². The van der Waals surface area contributed by atoms with Gasteiger partial charge in [-0.2, -0.15) is 21.6 Å². The minimum atomic E-state index is -5.12. The predicted octanol–water partition coefficient (Wildman–Crippen LogP) is -1.81. The van der Waals surface area contributed by atoms with Crippen LogP contribution in [0, 0.1) is 0 Å². The molecular formula is C14H21B4F3O5S. The van der Waals surface area contributed by atoms with Crippen molar-refractivity contribution in [3.63, 3.8) is 0 Å². The van der Waals surface area contributed by atoms with Crippen LogP contribution in [0.15, 0.2) is 6.07 Å². The van der Waals surface area contributed by atoms with E-state index < -0.39 is 34.1 Å². The van der Waals surface area contributed by atoms with Crippen molar-refractivity contribution in [3.05, 3.63) is 33.9 Å². The number of carbonyl (C=O) groups is 1. The van der Waals surface area contributed by atoms with Gasteiger partial charge in [0.1, 0.15) is 37.1 Å². The van der Waals surface area contributed by atoms with Crippen molar-refractivity contribution >= 4 is 47.5 Å². The number of esters is 1. The van der Waals surface area contributed by atoms with E-state index in [9.17, 15) is 26.4 Å². The highest BCUT2D eigenvalue weighted by Crippen LogP contribution is 2.29. The summed E-state index contributed by atoms with van der Waals surface area (Å²) in [6, 6.07) is 1.95. The molecule has 0 radical (unpaired) electrons. The molecule has 0 bridgehead atoms. The molecule has 1 N–H and O–H groups in total. The second kappa shape index (κ2) is 9.23. The first-order valence-electron chi connectivity index (χ1n) is 8.78. The first kappa shape index (κ1) is 23.7. The predicted molar refractivity (Wildman–Crippen MR) is 107 cm³/mol. The summed E-state index contributed by atoms with van der Waals surface area (Å²) >= 11 is 0. The van der Waals surface area contributed by atoms with E-state index in [1.54, 1.807) is 15.7 Å². The topological polar surface area (TPSA) is 80.7 Å². The van der Waals surface area contributed by atoms with Gasteiger partial charge in [0.2, 0.25) is 6.10 Å². The average molecular weight is 402 g/mol. The van der Waals surface area contributed by atoms with Gasteiger partial charge < -0.3 is 4.74 Å². The van der Waals surface area contributed by atoms with Crippen LogP contribution in [-0.4, -0.2) is 68.4 Å². The molecule has 0 spiro atoms. The van der Waals surface area contributed by atoms with Crippen LogP contribution in [0.3, 0.4) is 0 Å². The van der Waals surface area contributed by atoms with Crippen molar-refractivity contribution in [1.82, 2.24) is 0 Å². The Balaban J connectivity index is 3.51. The normalized spacial score (nSPS) is 13.3. The van der Waals surface area contributed by atoms with Crippen molar-refractivity contribution in [2.45, 2.75) is 37.6 Å². The number of rotatable bonds is 8. The minimum absolute atomic E-state index is 0.0702. The number of ether oxygens (including phenoxy) is 1. The molecule has 0 aromatic heterocycles. The van der Waals surface area contributed by atoms with Gasteiger partial charge in [0.25, 0.3) is 10.1 Å². The summed E-state index contributed by atoms with van der Waals surface area (Å²) in [5, 5.41) is 0. The van der Waals surface area contributed by atoms with Crippen LogP contribution in [0.25, 0.3) is 0 Å². The molecule has 27 heavy (non-hydrogen) atoms. The Kier molecular flexibility index (Phi) is 8.10. The van der Waals surface area contributed by atoms with Crippen LogP contribution in [0.2, 0.25) is 0 Å². The van der Waals surface area contributed by atoms with Crippen LogP contribution in [-0.2, 0) is 40.1 Å². The van der Waals surface area contributed by atoms with E-state index in [1.807, 2.05) is 21.8 Å². The van der Waals surface area contributed by atoms with Gasteiger partial charge in [0, 0.05) is 0 Å². The smallest absolute Gasteiger partial charge is 0.426 e. The van der Waals surface area contributed by atoms with Gasteiger partial charge in [-0.05, 0) is 11.1 Å². The van der Waals surface area contributed by atoms with E-state index >= 15 is 0 Å². The fraction of sp³-hybridized carbons (Fsp3) is 0.500. The van der Waals surface area contributed by atoms with Crippen molar-refractivity contribution in [2.75, 3.05) is 5.75 Å². The lowest BCUT2D eigenvalue weighted by Gasteiger charge is -2.23. The molecule has 0 saturated heterocycles. The highest BCUT2D eigenvalue weighted by atomic mass is 32.2. The lowest BCUT2D eigenvalue weighted by atomic mass is 9.75. The van der Waals surface area contributed by atoms with Crippen molar-refractivity contribution < 1.29 is 35.7 Å². The molecule has 0 amide bonds. The van der Waals surface area contributed by atoms with Crippen LogP contribution in [0.5, 0.6) is 0 Å². The Morgan fingerprint density at radius 2 is 1.48 bits per heavy atom. The quantitative estimate of drug-likeness (QED) is 0.316. The first-order valence-corrected chi connectivity index (χ1v) is 10.4. The van der Waals surface area contributed by atoms with Gasteiger partial charge in [-0.15, -0.1) is 0 Å². The zero-order chi connectivity index (χ0) is 21.0. The third-order valence-corrected chi connectivity index (χ3v) is 5.10. The SMILES string of the molecule is BCc1cc(CB)c(CB)c(C(=O)OC(CS(=O)(=O)O)C(F)(F)F)c1CB. The van der Waals surface area contributed by atoms with Crippen molar-refractivity contribution in [1.29, 1.82) is 0 Å². The Hall–Kier alpha value is -1.35. The van der Waals surface area contributed by atoms with E-state index in [4.69, 9.17) is 4.55 Å². The zero-order valence-electron chi connectivity index (χ0n) is 15.8. The maximum Gasteiger partial charge on any atom is 0.426 e. The van der Waals surface area contributed by atoms with E-state index in [0.29, 0.717) is 36.4 Å². The Morgan fingerprint density at radius 1 is 1.04 bits per heavy atom. The highest BCUT2D eigenvalue weighted by molar-refractivity contribution is 7.85. The number of benzene rings is 1. The number of carbonyl (C=O) groups excluding carboxylic acids is 1. The largest absolute Gasteiger partial charge is 0.448 e. The Labute approximate surface area is 160 Å². The van der Waals surface area contributed by atoms with Gasteiger partial charge in [-0.3, -0.25) is 4.55 Å². The number of alkyl halides is 3. The molecule has 0 aliphatic heterocycles. The molecule has 0 heterocycles. The van der Waals surface area contributed by atoms with Crippen LogP contribution in [0.4, 0.5) is 13.2 Å². The molecule has 0 aliphatic rings. The average Bonchev–Trinajstić information content (AvgIpc) is 2.56. The molecule has 146 valence electrons. The van der Waals surface area contributed by atoms with Gasteiger partial charge >= 0.3 is 12.1 Å². The molecule has 1 aromatic carbocycles. The van der Waals surface area contributed by atoms with Crippen LogP contribution < -0.4 is 0 Å². The molecule has 0 aliphatic carbocycles. The van der Waals surface area contributed by atoms with Crippen molar-refractivity contribution in [3.8, 4) is 0 Å². The molecule has 13 heteroatoms. The lowest BCUT2D eigenvalue weighted by Crippen LogP contribution is -2.40. The Bertz CT molecular complexity index is 769. The summed E-state index contributed by atoms with van der Waals surface area (Å²) in [4.78, 5) is 12.7. The van der Waals surface area contributed by atoms with E-state index in [0.717, 1.165) is 11.1 Å². The van der Waals surface area contributed by atoms with E-state index in [-0.39, 0.29) is 5.56 Å². The third-order valence-electron chi connectivity index (χ3n) is 4.38. The summed E-state index contributed by atoms with van der Waals surface area (Å²) in [5.41, 5.74) is 2.96. The molecule has 0 saturated carbocycles. The number of hydrogen-bond donors (Lipinski definition) is 1. The van der Waals surface area contributed by atoms with Crippen LogP contribution in [0.1, 0.15) is 32.6 Å². The molecule has 1 rings (SSSR count). The Morgan fingerprint density at radius 3 is 1.78 bits per heavy atom. The lowest BCUT2D eigenvalue weighted by molar-refractivity contribution is -0.197. The molecule has 1 unspecified atom stereocenters. The number of halogens is 3. The maximum atomic E-state index is 13.1. The highest BCUT2D eigenvalue weighted by Gasteiger charge is 2.46. The summed E-state index contributed by atoms with van der Waals surface area (Å²) < 4.78 is 74.6. The third kappa shape index (κ3) is 6.07. The summed E-state index contributed by atoms with van der Waals surface area (Å²) in [5.74, 6) is -2.96. The molecular weight excluding hydrogens is 380 g/mol. The fourth-order valence-electron chi connectivity index (χ4n) is 3.15. The van der Waals surface area contributed by atoms with E-state index in [1.165, 1.54) is 0 Å². The molecule has 0 fully saturated rings. The standard InChI is InChI=1S/C14H21B4F3O5S/c15-2-7-1-8(3-16)10(5-18)12(9(7)4-17)13(22)26-11(14(19,20)21)6-27(23,24)25/h1,11H,2-6,15-18H2,(H,23,24,25). The second-order valence-corrected chi connectivity index (χ2v) is 7.62. The molecule has 1 atom stereocenters. The summed E-state index contributed by atoms with van der Waals surface area (Å²) in [6.07, 6.45) is -6.05. The van der Waals surface area contributed by atoms with Gasteiger partial charge in [-0.25, -0.2) is 4.79 Å². The molecule has 1 aromatic rings. The van der Waals surface area contributed by atoms with Crippen molar-refractivity contribution in [2.24, 2.45) is 0 Å². The number of hydrogen-bond acceptors (Lipinski definition) is 4. The molecule has 5 nitrogen and oxygen atoms in total. The van der Waals surface area contributed by atoms with Gasteiger partial charge in [-0.1, -0.05) is 42.5 Å². The monoisotopic (exact) mass is 402 g/mol.